The molecule has 0 fully saturated rings. The Kier molecular flexibility index (Phi) is 17.0. The topological polar surface area (TPSA) is 35.5 Å². The predicted molar refractivity (Wildman–Crippen MR) is 121 cm³/mol. The van der Waals surface area contributed by atoms with Crippen molar-refractivity contribution in [1.29, 1.82) is 0 Å². The Bertz CT molecular complexity index is 546. The number of halogens is 1. The Hall–Kier alpha value is -1.07. The number of hydrogen-bond donors (Lipinski definition) is 0. The molecule has 0 aliphatic rings. The number of methoxy groups -OCH3 is 1. The maximum absolute atomic E-state index is 12.0. The lowest BCUT2D eigenvalue weighted by molar-refractivity contribution is -0.890. The molecule has 1 aromatic carbocycles. The largest absolute Gasteiger partial charge is 1.00 e. The Morgan fingerprint density at radius 1 is 0.833 bits per heavy atom. The first kappa shape index (κ1) is 28.9. The van der Waals surface area contributed by atoms with Crippen molar-refractivity contribution in [2.75, 3.05) is 40.9 Å². The van der Waals surface area contributed by atoms with Crippen molar-refractivity contribution in [3.8, 4) is 5.75 Å². The average molecular weight is 487 g/mol. The van der Waals surface area contributed by atoms with Gasteiger partial charge in [0.25, 0.3) is 0 Å². The normalized spacial score (nSPS) is 11.1. The third kappa shape index (κ3) is 14.8. The number of ether oxygens (including phenoxy) is 2. The SMILES string of the molecule is CCCCCCCCCCCC[N+](C)(C)CCOC(=O)Cc1ccc(OC)cc1.[Br-]. The standard InChI is InChI=1S/C25H44NO3.BrH/c1-5-6-7-8-9-10-11-12-13-14-19-26(2,3)20-21-29-25(27)22-23-15-17-24(28-4)18-16-23;/h15-18H,5-14,19-22H2,1-4H3;1H/q+1;/p-1. The fraction of sp³-hybridized carbons (Fsp3) is 0.720. The Morgan fingerprint density at radius 3 is 1.90 bits per heavy atom. The molecule has 5 heteroatoms. The van der Waals surface area contributed by atoms with E-state index in [1.807, 2.05) is 24.3 Å². The highest BCUT2D eigenvalue weighted by Gasteiger charge is 2.15. The number of unbranched alkanes of at least 4 members (excludes halogenated alkanes) is 9. The summed E-state index contributed by atoms with van der Waals surface area (Å²) in [4.78, 5) is 12.0. The van der Waals surface area contributed by atoms with Crippen molar-refractivity contribution in [1.82, 2.24) is 0 Å². The molecule has 0 saturated heterocycles. The summed E-state index contributed by atoms with van der Waals surface area (Å²) in [5.41, 5.74) is 0.954. The van der Waals surface area contributed by atoms with E-state index in [0.717, 1.165) is 28.9 Å². The van der Waals surface area contributed by atoms with E-state index in [4.69, 9.17) is 9.47 Å². The van der Waals surface area contributed by atoms with Gasteiger partial charge in [-0.1, -0.05) is 70.4 Å². The second-order valence-electron chi connectivity index (χ2n) is 8.81. The Balaban J connectivity index is 0.00000841. The molecule has 4 nitrogen and oxygen atoms in total. The van der Waals surface area contributed by atoms with E-state index in [9.17, 15) is 4.79 Å². The van der Waals surface area contributed by atoms with Gasteiger partial charge >= 0.3 is 5.97 Å². The molecule has 0 radical (unpaired) electrons. The molecule has 1 rings (SSSR count). The molecule has 0 N–H and O–H groups in total. The van der Waals surface area contributed by atoms with Crippen LogP contribution < -0.4 is 21.7 Å². The van der Waals surface area contributed by atoms with Crippen LogP contribution in [0, 0.1) is 0 Å². The monoisotopic (exact) mass is 485 g/mol. The number of esters is 1. The number of benzene rings is 1. The number of rotatable bonds is 17. The molecule has 0 atom stereocenters. The summed E-state index contributed by atoms with van der Waals surface area (Å²) in [5, 5.41) is 0. The molecule has 1 aromatic rings. The molecule has 0 aromatic heterocycles. The summed E-state index contributed by atoms with van der Waals surface area (Å²) < 4.78 is 11.5. The number of carbonyl (C=O) groups excluding carboxylic acids is 1. The summed E-state index contributed by atoms with van der Waals surface area (Å²) in [6.07, 6.45) is 14.0. The van der Waals surface area contributed by atoms with Crippen molar-refractivity contribution < 1.29 is 35.7 Å². The highest BCUT2D eigenvalue weighted by molar-refractivity contribution is 5.72. The number of nitrogens with zero attached hydrogens (tertiary/aromatic N) is 1. The summed E-state index contributed by atoms with van der Waals surface area (Å²) >= 11 is 0. The predicted octanol–water partition coefficient (Wildman–Crippen LogP) is 2.78. The van der Waals surface area contributed by atoms with Crippen molar-refractivity contribution in [2.24, 2.45) is 0 Å². The van der Waals surface area contributed by atoms with Gasteiger partial charge in [-0.25, -0.2) is 0 Å². The lowest BCUT2D eigenvalue weighted by atomic mass is 10.1. The lowest BCUT2D eigenvalue weighted by Gasteiger charge is -2.29. The molecule has 0 spiro atoms. The van der Waals surface area contributed by atoms with Crippen LogP contribution in [0.1, 0.15) is 76.7 Å². The van der Waals surface area contributed by atoms with E-state index >= 15 is 0 Å². The molecule has 0 saturated carbocycles. The van der Waals surface area contributed by atoms with Gasteiger partial charge in [0.15, 0.2) is 0 Å². The zero-order valence-corrected chi connectivity index (χ0v) is 21.3. The van der Waals surface area contributed by atoms with Crippen LogP contribution in [-0.2, 0) is 16.0 Å². The molecule has 0 bridgehead atoms. The van der Waals surface area contributed by atoms with Gasteiger partial charge < -0.3 is 30.9 Å². The number of quaternary nitrogens is 1. The first-order chi connectivity index (χ1) is 14.0. The first-order valence-electron chi connectivity index (χ1n) is 11.6. The van der Waals surface area contributed by atoms with Crippen LogP contribution in [0.3, 0.4) is 0 Å². The summed E-state index contributed by atoms with van der Waals surface area (Å²) in [7, 11) is 6.09. The minimum atomic E-state index is -0.158. The first-order valence-corrected chi connectivity index (χ1v) is 11.6. The Morgan fingerprint density at radius 2 is 1.37 bits per heavy atom. The molecule has 0 amide bonds. The van der Waals surface area contributed by atoms with Gasteiger partial charge in [0.2, 0.25) is 0 Å². The van der Waals surface area contributed by atoms with E-state index in [1.165, 1.54) is 64.2 Å². The molecule has 174 valence electrons. The summed E-state index contributed by atoms with van der Waals surface area (Å²) in [6, 6.07) is 7.56. The molecule has 0 heterocycles. The molecular formula is C25H44BrNO3. The molecule has 0 aliphatic heterocycles. The average Bonchev–Trinajstić information content (AvgIpc) is 2.70. The van der Waals surface area contributed by atoms with E-state index in [-0.39, 0.29) is 23.0 Å². The zero-order valence-electron chi connectivity index (χ0n) is 19.8. The molecule has 0 unspecified atom stereocenters. The minimum Gasteiger partial charge on any atom is -1.00 e. The van der Waals surface area contributed by atoms with Gasteiger partial charge in [-0.05, 0) is 30.5 Å². The van der Waals surface area contributed by atoms with Crippen LogP contribution >= 0.6 is 0 Å². The Labute approximate surface area is 195 Å². The van der Waals surface area contributed by atoms with E-state index in [0.29, 0.717) is 13.0 Å². The minimum absolute atomic E-state index is 0. The summed E-state index contributed by atoms with van der Waals surface area (Å²) in [5.74, 6) is 0.641. The highest BCUT2D eigenvalue weighted by Crippen LogP contribution is 2.13. The van der Waals surface area contributed by atoms with Crippen LogP contribution in [0.2, 0.25) is 0 Å². The van der Waals surface area contributed by atoms with Gasteiger partial charge in [0, 0.05) is 0 Å². The smallest absolute Gasteiger partial charge is 0.310 e. The van der Waals surface area contributed by atoms with Gasteiger partial charge in [0.1, 0.15) is 18.9 Å². The van der Waals surface area contributed by atoms with Gasteiger partial charge in [0.05, 0.1) is 34.2 Å². The lowest BCUT2D eigenvalue weighted by Crippen LogP contribution is -3.00. The third-order valence-corrected chi connectivity index (χ3v) is 5.58. The quantitative estimate of drug-likeness (QED) is 0.193. The fourth-order valence-corrected chi connectivity index (χ4v) is 3.51. The van der Waals surface area contributed by atoms with Crippen molar-refractivity contribution in [3.05, 3.63) is 29.8 Å². The third-order valence-electron chi connectivity index (χ3n) is 5.58. The van der Waals surface area contributed by atoms with Gasteiger partial charge in [-0.2, -0.15) is 0 Å². The van der Waals surface area contributed by atoms with E-state index in [1.54, 1.807) is 7.11 Å². The van der Waals surface area contributed by atoms with Crippen molar-refractivity contribution >= 4 is 5.97 Å². The molecular weight excluding hydrogens is 442 g/mol. The van der Waals surface area contributed by atoms with Crippen molar-refractivity contribution in [3.63, 3.8) is 0 Å². The van der Waals surface area contributed by atoms with Crippen LogP contribution in [0.15, 0.2) is 24.3 Å². The van der Waals surface area contributed by atoms with Crippen LogP contribution in [0.4, 0.5) is 0 Å². The van der Waals surface area contributed by atoms with Crippen LogP contribution in [0.5, 0.6) is 5.75 Å². The van der Waals surface area contributed by atoms with Crippen LogP contribution in [-0.4, -0.2) is 51.4 Å². The number of carbonyl (C=O) groups is 1. The zero-order chi connectivity index (χ0) is 21.4. The summed E-state index contributed by atoms with van der Waals surface area (Å²) in [6.45, 7) is 4.77. The maximum Gasteiger partial charge on any atom is 0.310 e. The van der Waals surface area contributed by atoms with Gasteiger partial charge in [-0.15, -0.1) is 0 Å². The number of likely N-dealkylation sites (N-methyl/N-ethyl adjacent to an activating group) is 1. The molecule has 30 heavy (non-hydrogen) atoms. The molecule has 0 aliphatic carbocycles. The fourth-order valence-electron chi connectivity index (χ4n) is 3.51. The second-order valence-corrected chi connectivity index (χ2v) is 8.81. The number of hydrogen-bond acceptors (Lipinski definition) is 3. The van der Waals surface area contributed by atoms with Gasteiger partial charge in [-0.3, -0.25) is 4.79 Å². The van der Waals surface area contributed by atoms with E-state index < -0.39 is 0 Å². The van der Waals surface area contributed by atoms with Crippen molar-refractivity contribution in [2.45, 2.75) is 77.6 Å². The highest BCUT2D eigenvalue weighted by atomic mass is 79.9. The van der Waals surface area contributed by atoms with Crippen LogP contribution in [0.25, 0.3) is 0 Å². The second kappa shape index (κ2) is 17.6. The maximum atomic E-state index is 12.0. The van der Waals surface area contributed by atoms with E-state index in [2.05, 4.69) is 21.0 Å².